The number of likely N-dealkylation sites (tertiary alicyclic amines) is 1. The number of benzene rings is 1. The van der Waals surface area contributed by atoms with Crippen molar-refractivity contribution in [2.75, 3.05) is 39.4 Å². The van der Waals surface area contributed by atoms with Crippen LogP contribution in [0.3, 0.4) is 0 Å². The quantitative estimate of drug-likeness (QED) is 0.409. The summed E-state index contributed by atoms with van der Waals surface area (Å²) in [4.78, 5) is 33.8. The maximum Gasteiger partial charge on any atom is 0.295 e. The highest BCUT2D eigenvalue weighted by Crippen LogP contribution is 2.39. The molecule has 4 rings (SSSR count). The van der Waals surface area contributed by atoms with E-state index >= 15 is 0 Å². The Balaban J connectivity index is 1.71. The van der Waals surface area contributed by atoms with Crippen LogP contribution < -0.4 is 0 Å². The Kier molecular flexibility index (Phi) is 6.26. The average Bonchev–Trinajstić information content (AvgIpc) is 3.04. The molecule has 0 radical (unpaired) electrons. The van der Waals surface area contributed by atoms with E-state index in [0.717, 1.165) is 17.6 Å². The zero-order chi connectivity index (χ0) is 21.1. The van der Waals surface area contributed by atoms with Gasteiger partial charge in [0.15, 0.2) is 0 Å². The Morgan fingerprint density at radius 3 is 2.53 bits per heavy atom. The number of aliphatic hydroxyl groups is 1. The van der Waals surface area contributed by atoms with E-state index < -0.39 is 17.7 Å². The molecular formula is C22H22BrN3O4. The maximum atomic E-state index is 13.0. The number of ketones is 1. The third-order valence-electron chi connectivity index (χ3n) is 5.42. The van der Waals surface area contributed by atoms with Gasteiger partial charge in [-0.2, -0.15) is 0 Å². The van der Waals surface area contributed by atoms with Crippen LogP contribution >= 0.6 is 15.9 Å². The Morgan fingerprint density at radius 1 is 1.13 bits per heavy atom. The number of rotatable bonds is 5. The second kappa shape index (κ2) is 9.07. The van der Waals surface area contributed by atoms with Crippen molar-refractivity contribution < 1.29 is 19.4 Å². The minimum atomic E-state index is -0.677. The lowest BCUT2D eigenvalue weighted by molar-refractivity contribution is -0.140. The minimum absolute atomic E-state index is 0.0947. The zero-order valence-corrected chi connectivity index (χ0v) is 17.9. The zero-order valence-electron chi connectivity index (χ0n) is 16.3. The number of aromatic nitrogens is 1. The Morgan fingerprint density at radius 2 is 1.87 bits per heavy atom. The minimum Gasteiger partial charge on any atom is -0.507 e. The first kappa shape index (κ1) is 20.7. The molecule has 0 spiro atoms. The van der Waals surface area contributed by atoms with Crippen LogP contribution in [-0.2, 0) is 14.3 Å². The molecule has 1 aromatic carbocycles. The van der Waals surface area contributed by atoms with Crippen LogP contribution in [0.1, 0.15) is 17.2 Å². The van der Waals surface area contributed by atoms with Gasteiger partial charge in [-0.05, 0) is 23.8 Å². The first-order chi connectivity index (χ1) is 14.6. The van der Waals surface area contributed by atoms with E-state index in [2.05, 4.69) is 25.8 Å². The number of amides is 1. The van der Waals surface area contributed by atoms with Crippen LogP contribution in [0.4, 0.5) is 0 Å². The van der Waals surface area contributed by atoms with Crippen molar-refractivity contribution in [1.82, 2.24) is 14.8 Å². The number of morpholine rings is 1. The summed E-state index contributed by atoms with van der Waals surface area (Å²) in [5.74, 6) is -1.45. The summed E-state index contributed by atoms with van der Waals surface area (Å²) < 4.78 is 6.23. The molecule has 2 aromatic rings. The molecule has 0 bridgehead atoms. The van der Waals surface area contributed by atoms with Crippen LogP contribution in [0.15, 0.2) is 58.8 Å². The molecule has 156 valence electrons. The molecule has 0 saturated carbocycles. The summed E-state index contributed by atoms with van der Waals surface area (Å²) in [6.45, 7) is 3.91. The third kappa shape index (κ3) is 4.16. The highest BCUT2D eigenvalue weighted by atomic mass is 79.9. The predicted molar refractivity (Wildman–Crippen MR) is 115 cm³/mol. The van der Waals surface area contributed by atoms with E-state index in [1.807, 2.05) is 6.07 Å². The van der Waals surface area contributed by atoms with Crippen LogP contribution in [0.5, 0.6) is 0 Å². The number of halogens is 1. The van der Waals surface area contributed by atoms with Gasteiger partial charge in [0.1, 0.15) is 5.76 Å². The van der Waals surface area contributed by atoms with Gasteiger partial charge in [-0.3, -0.25) is 19.5 Å². The number of aliphatic hydroxyl groups excluding tert-OH is 1. The fourth-order valence-electron chi connectivity index (χ4n) is 3.83. The number of nitrogens with zero attached hydrogens (tertiary/aromatic N) is 3. The topological polar surface area (TPSA) is 83.0 Å². The molecule has 30 heavy (non-hydrogen) atoms. The lowest BCUT2D eigenvalue weighted by Gasteiger charge is -2.30. The Bertz CT molecular complexity index is 956. The molecule has 2 saturated heterocycles. The average molecular weight is 472 g/mol. The number of carbonyl (C=O) groups excluding carboxylic acids is 2. The fraction of sp³-hybridized carbons (Fsp3) is 0.318. The van der Waals surface area contributed by atoms with Crippen molar-refractivity contribution in [3.63, 3.8) is 0 Å². The lowest BCUT2D eigenvalue weighted by atomic mass is 9.96. The number of ether oxygens (including phenoxy) is 1. The van der Waals surface area contributed by atoms with Gasteiger partial charge in [0.2, 0.25) is 0 Å². The number of hydrogen-bond acceptors (Lipinski definition) is 6. The third-order valence-corrected chi connectivity index (χ3v) is 5.95. The van der Waals surface area contributed by atoms with Crippen molar-refractivity contribution in [3.05, 3.63) is 70.0 Å². The molecule has 1 aromatic heterocycles. The van der Waals surface area contributed by atoms with Gasteiger partial charge in [-0.15, -0.1) is 0 Å². The standard InChI is InChI=1S/C22H22BrN3O4/c23-17-5-3-15(4-6-17)20(27)18-19(16-2-1-7-24-14-16)26(22(29)21(18)28)9-8-25-10-12-30-13-11-25/h1-7,14,19,27H,8-13H2/b20-18+/t19-/m1/s1. The van der Waals surface area contributed by atoms with Gasteiger partial charge in [0, 0.05) is 48.6 Å². The van der Waals surface area contributed by atoms with Gasteiger partial charge in [0.25, 0.3) is 11.7 Å². The van der Waals surface area contributed by atoms with E-state index in [1.54, 1.807) is 47.6 Å². The van der Waals surface area contributed by atoms with Gasteiger partial charge in [-0.25, -0.2) is 0 Å². The van der Waals surface area contributed by atoms with Gasteiger partial charge in [-0.1, -0.05) is 34.1 Å². The summed E-state index contributed by atoms with van der Waals surface area (Å²) in [6.07, 6.45) is 3.27. The van der Waals surface area contributed by atoms with Crippen molar-refractivity contribution >= 4 is 33.4 Å². The van der Waals surface area contributed by atoms with Crippen LogP contribution in [0, 0.1) is 0 Å². The first-order valence-corrected chi connectivity index (χ1v) is 10.6. The molecular weight excluding hydrogens is 450 g/mol. The Hall–Kier alpha value is -2.55. The molecule has 7 nitrogen and oxygen atoms in total. The van der Waals surface area contributed by atoms with Gasteiger partial charge < -0.3 is 14.7 Å². The molecule has 2 fully saturated rings. The van der Waals surface area contributed by atoms with E-state index in [-0.39, 0.29) is 11.3 Å². The second-order valence-electron chi connectivity index (χ2n) is 7.24. The first-order valence-electron chi connectivity index (χ1n) is 9.80. The summed E-state index contributed by atoms with van der Waals surface area (Å²) in [5, 5.41) is 11.0. The number of pyridine rings is 1. The highest BCUT2D eigenvalue weighted by molar-refractivity contribution is 9.10. The molecule has 0 aliphatic carbocycles. The van der Waals surface area contributed by atoms with Crippen molar-refractivity contribution in [1.29, 1.82) is 0 Å². The molecule has 2 aliphatic rings. The van der Waals surface area contributed by atoms with Crippen molar-refractivity contribution in [2.24, 2.45) is 0 Å². The number of carbonyl (C=O) groups is 2. The smallest absolute Gasteiger partial charge is 0.295 e. The van der Waals surface area contributed by atoms with E-state index in [1.165, 1.54) is 0 Å². The fourth-order valence-corrected chi connectivity index (χ4v) is 4.10. The molecule has 1 amide bonds. The molecule has 1 atom stereocenters. The van der Waals surface area contributed by atoms with Crippen LogP contribution in [0.2, 0.25) is 0 Å². The maximum absolute atomic E-state index is 13.0. The summed E-state index contributed by atoms with van der Waals surface area (Å²) in [7, 11) is 0. The number of hydrogen-bond donors (Lipinski definition) is 1. The monoisotopic (exact) mass is 471 g/mol. The normalized spacial score (nSPS) is 21.9. The molecule has 3 heterocycles. The van der Waals surface area contributed by atoms with Gasteiger partial charge >= 0.3 is 0 Å². The van der Waals surface area contributed by atoms with E-state index in [0.29, 0.717) is 37.4 Å². The van der Waals surface area contributed by atoms with Crippen LogP contribution in [0.25, 0.3) is 5.76 Å². The molecule has 8 heteroatoms. The molecule has 1 N–H and O–H groups in total. The Labute approximate surface area is 183 Å². The van der Waals surface area contributed by atoms with Gasteiger partial charge in [0.05, 0.1) is 24.8 Å². The summed E-state index contributed by atoms with van der Waals surface area (Å²) >= 11 is 3.37. The summed E-state index contributed by atoms with van der Waals surface area (Å²) in [6, 6.07) is 9.88. The molecule has 0 unspecified atom stereocenters. The second-order valence-corrected chi connectivity index (χ2v) is 8.16. The van der Waals surface area contributed by atoms with Crippen LogP contribution in [-0.4, -0.2) is 71.0 Å². The van der Waals surface area contributed by atoms with E-state index in [9.17, 15) is 14.7 Å². The lowest BCUT2D eigenvalue weighted by Crippen LogP contribution is -2.42. The van der Waals surface area contributed by atoms with Crippen molar-refractivity contribution in [2.45, 2.75) is 6.04 Å². The largest absolute Gasteiger partial charge is 0.507 e. The molecule has 2 aliphatic heterocycles. The number of Topliss-reactive ketones (excluding diaryl/α,β-unsaturated/α-hetero) is 1. The highest BCUT2D eigenvalue weighted by Gasteiger charge is 2.46. The predicted octanol–water partition coefficient (Wildman–Crippen LogP) is 2.60. The summed E-state index contributed by atoms with van der Waals surface area (Å²) in [5.41, 5.74) is 1.27. The van der Waals surface area contributed by atoms with Crippen molar-refractivity contribution in [3.8, 4) is 0 Å². The SMILES string of the molecule is O=C1C(=O)N(CCN2CCOCC2)[C@H](c2cccnc2)/C1=C(\O)c1ccc(Br)cc1. The van der Waals surface area contributed by atoms with E-state index in [4.69, 9.17) is 4.74 Å².